The SMILES string of the molecule is CCc1ccc(C(C)Nc2ccc(Cl)c(C(F)(F)F)c2)s1. The lowest BCUT2D eigenvalue weighted by Gasteiger charge is -2.16. The van der Waals surface area contributed by atoms with E-state index in [-0.39, 0.29) is 11.1 Å². The molecule has 114 valence electrons. The van der Waals surface area contributed by atoms with Crippen LogP contribution in [0.5, 0.6) is 0 Å². The van der Waals surface area contributed by atoms with Crippen molar-refractivity contribution in [1.82, 2.24) is 0 Å². The maximum absolute atomic E-state index is 12.8. The summed E-state index contributed by atoms with van der Waals surface area (Å²) in [6.07, 6.45) is -3.49. The van der Waals surface area contributed by atoms with Crippen molar-refractivity contribution in [2.45, 2.75) is 32.5 Å². The fourth-order valence-electron chi connectivity index (χ4n) is 1.97. The van der Waals surface area contributed by atoms with E-state index in [4.69, 9.17) is 11.6 Å². The Balaban J connectivity index is 2.19. The van der Waals surface area contributed by atoms with Crippen molar-refractivity contribution in [3.63, 3.8) is 0 Å². The second-order valence-corrected chi connectivity index (χ2v) is 6.32. The standard InChI is InChI=1S/C15H15ClF3NS/c1-3-11-5-7-14(21-11)9(2)20-10-4-6-13(16)12(8-10)15(17,18)19/h4-9,20H,3H2,1-2H3. The van der Waals surface area contributed by atoms with Gasteiger partial charge in [-0.15, -0.1) is 11.3 Å². The van der Waals surface area contributed by atoms with Gasteiger partial charge in [0, 0.05) is 15.4 Å². The van der Waals surface area contributed by atoms with Crippen LogP contribution in [-0.4, -0.2) is 0 Å². The van der Waals surface area contributed by atoms with E-state index >= 15 is 0 Å². The molecular weight excluding hydrogens is 319 g/mol. The van der Waals surface area contributed by atoms with Gasteiger partial charge >= 0.3 is 6.18 Å². The predicted molar refractivity (Wildman–Crippen MR) is 82.2 cm³/mol. The van der Waals surface area contributed by atoms with Crippen molar-refractivity contribution in [2.75, 3.05) is 5.32 Å². The van der Waals surface area contributed by atoms with Crippen LogP contribution in [0, 0.1) is 0 Å². The Kier molecular flexibility index (Phi) is 4.84. The Hall–Kier alpha value is -1.20. The second kappa shape index (κ2) is 6.28. The van der Waals surface area contributed by atoms with Crippen LogP contribution in [-0.2, 0) is 12.6 Å². The summed E-state index contributed by atoms with van der Waals surface area (Å²) in [6.45, 7) is 4.00. The summed E-state index contributed by atoms with van der Waals surface area (Å²) in [5, 5.41) is 2.80. The summed E-state index contributed by atoms with van der Waals surface area (Å²) < 4.78 is 38.5. The molecule has 0 radical (unpaired) electrons. The minimum absolute atomic E-state index is 0.0578. The molecule has 0 aliphatic carbocycles. The van der Waals surface area contributed by atoms with Crippen molar-refractivity contribution >= 4 is 28.6 Å². The quantitative estimate of drug-likeness (QED) is 0.707. The molecule has 1 aromatic heterocycles. The van der Waals surface area contributed by atoms with E-state index in [0.29, 0.717) is 5.69 Å². The third-order valence-electron chi connectivity index (χ3n) is 3.11. The molecule has 1 nitrogen and oxygen atoms in total. The largest absolute Gasteiger partial charge is 0.417 e. The molecule has 0 fully saturated rings. The summed E-state index contributed by atoms with van der Waals surface area (Å²) in [5.41, 5.74) is -0.410. The molecule has 21 heavy (non-hydrogen) atoms. The van der Waals surface area contributed by atoms with Crippen molar-refractivity contribution in [3.05, 3.63) is 50.7 Å². The molecule has 1 unspecified atom stereocenters. The molecule has 0 saturated heterocycles. The average Bonchev–Trinajstić information content (AvgIpc) is 2.88. The van der Waals surface area contributed by atoms with Gasteiger partial charge in [0.2, 0.25) is 0 Å². The maximum Gasteiger partial charge on any atom is 0.417 e. The Bertz CT molecular complexity index is 622. The first kappa shape index (κ1) is 16.2. The number of thiophene rings is 1. The third-order valence-corrected chi connectivity index (χ3v) is 4.85. The molecule has 1 N–H and O–H groups in total. The average molecular weight is 334 g/mol. The zero-order chi connectivity index (χ0) is 15.6. The van der Waals surface area contributed by atoms with Crippen LogP contribution < -0.4 is 5.32 Å². The van der Waals surface area contributed by atoms with E-state index in [0.717, 1.165) is 17.4 Å². The third kappa shape index (κ3) is 3.92. The fraction of sp³-hybridized carbons (Fsp3) is 0.333. The lowest BCUT2D eigenvalue weighted by atomic mass is 10.1. The molecule has 1 atom stereocenters. The molecule has 0 aliphatic heterocycles. The van der Waals surface area contributed by atoms with Gasteiger partial charge in [0.25, 0.3) is 0 Å². The van der Waals surface area contributed by atoms with Crippen molar-refractivity contribution < 1.29 is 13.2 Å². The molecule has 2 aromatic rings. The first-order chi connectivity index (χ1) is 9.81. The summed E-state index contributed by atoms with van der Waals surface area (Å²) >= 11 is 7.27. The molecule has 6 heteroatoms. The number of hydrogen-bond acceptors (Lipinski definition) is 2. The van der Waals surface area contributed by atoms with Gasteiger partial charge in [-0.2, -0.15) is 13.2 Å². The number of nitrogens with one attached hydrogen (secondary N) is 1. The smallest absolute Gasteiger partial charge is 0.378 e. The molecule has 0 amide bonds. The summed E-state index contributed by atoms with van der Waals surface area (Å²) in [7, 11) is 0. The van der Waals surface area contributed by atoms with Gasteiger partial charge in [-0.05, 0) is 43.7 Å². The molecule has 1 aromatic carbocycles. The fourth-order valence-corrected chi connectivity index (χ4v) is 3.15. The van der Waals surface area contributed by atoms with Gasteiger partial charge in [-0.3, -0.25) is 0 Å². The normalized spacial score (nSPS) is 13.2. The Labute approximate surface area is 130 Å². The van der Waals surface area contributed by atoms with Crippen LogP contribution in [0.1, 0.15) is 35.2 Å². The highest BCUT2D eigenvalue weighted by Gasteiger charge is 2.33. The zero-order valence-electron chi connectivity index (χ0n) is 11.6. The molecule has 0 aliphatic rings. The number of hydrogen-bond donors (Lipinski definition) is 1. The maximum atomic E-state index is 12.8. The first-order valence-corrected chi connectivity index (χ1v) is 7.72. The molecular formula is C15H15ClF3NS. The van der Waals surface area contributed by atoms with Gasteiger partial charge in [0.1, 0.15) is 0 Å². The van der Waals surface area contributed by atoms with Crippen LogP contribution in [0.25, 0.3) is 0 Å². The van der Waals surface area contributed by atoms with E-state index in [1.54, 1.807) is 17.4 Å². The van der Waals surface area contributed by atoms with E-state index < -0.39 is 11.7 Å². The highest BCUT2D eigenvalue weighted by Crippen LogP contribution is 2.37. The van der Waals surface area contributed by atoms with E-state index in [1.165, 1.54) is 10.9 Å². The number of anilines is 1. The molecule has 2 rings (SSSR count). The highest BCUT2D eigenvalue weighted by molar-refractivity contribution is 7.12. The number of halogens is 4. The van der Waals surface area contributed by atoms with Crippen LogP contribution >= 0.6 is 22.9 Å². The van der Waals surface area contributed by atoms with Gasteiger partial charge in [0.15, 0.2) is 0 Å². The minimum atomic E-state index is -4.45. The number of rotatable bonds is 4. The molecule has 0 spiro atoms. The van der Waals surface area contributed by atoms with Crippen molar-refractivity contribution in [1.29, 1.82) is 0 Å². The molecule has 0 bridgehead atoms. The highest BCUT2D eigenvalue weighted by atomic mass is 35.5. The number of benzene rings is 1. The van der Waals surface area contributed by atoms with Crippen LogP contribution in [0.15, 0.2) is 30.3 Å². The monoisotopic (exact) mass is 333 g/mol. The summed E-state index contributed by atoms with van der Waals surface area (Å²) in [4.78, 5) is 2.35. The van der Waals surface area contributed by atoms with Gasteiger partial charge in [-0.1, -0.05) is 18.5 Å². The lowest BCUT2D eigenvalue weighted by Crippen LogP contribution is -2.09. The predicted octanol–water partition coefficient (Wildman–Crippen LogP) is 6.16. The van der Waals surface area contributed by atoms with Crippen molar-refractivity contribution in [2.24, 2.45) is 0 Å². The van der Waals surface area contributed by atoms with Gasteiger partial charge < -0.3 is 5.32 Å². The van der Waals surface area contributed by atoms with Gasteiger partial charge in [-0.25, -0.2) is 0 Å². The molecule has 0 saturated carbocycles. The Morgan fingerprint density at radius 2 is 1.95 bits per heavy atom. The molecule has 1 heterocycles. The summed E-state index contributed by atoms with van der Waals surface area (Å²) in [6, 6.07) is 7.86. The van der Waals surface area contributed by atoms with E-state index in [1.807, 2.05) is 19.1 Å². The summed E-state index contributed by atoms with van der Waals surface area (Å²) in [5.74, 6) is 0. The van der Waals surface area contributed by atoms with E-state index in [9.17, 15) is 13.2 Å². The van der Waals surface area contributed by atoms with E-state index in [2.05, 4.69) is 12.2 Å². The second-order valence-electron chi connectivity index (χ2n) is 4.72. The Morgan fingerprint density at radius 3 is 2.52 bits per heavy atom. The van der Waals surface area contributed by atoms with Crippen LogP contribution in [0.4, 0.5) is 18.9 Å². The van der Waals surface area contributed by atoms with Gasteiger partial charge in [0.05, 0.1) is 16.6 Å². The van der Waals surface area contributed by atoms with Crippen LogP contribution in [0.3, 0.4) is 0 Å². The lowest BCUT2D eigenvalue weighted by molar-refractivity contribution is -0.137. The van der Waals surface area contributed by atoms with Crippen molar-refractivity contribution in [3.8, 4) is 0 Å². The zero-order valence-corrected chi connectivity index (χ0v) is 13.2. The van der Waals surface area contributed by atoms with Crippen LogP contribution in [0.2, 0.25) is 5.02 Å². The first-order valence-electron chi connectivity index (χ1n) is 6.53. The minimum Gasteiger partial charge on any atom is -0.378 e. The number of aryl methyl sites for hydroxylation is 1. The topological polar surface area (TPSA) is 12.0 Å². The Morgan fingerprint density at radius 1 is 1.24 bits per heavy atom. The number of alkyl halides is 3.